The highest BCUT2D eigenvalue weighted by molar-refractivity contribution is 7.89. The molecule has 0 amide bonds. The van der Waals surface area contributed by atoms with Crippen LogP contribution in [0.5, 0.6) is 11.5 Å². The van der Waals surface area contributed by atoms with Gasteiger partial charge in [-0.3, -0.25) is 0 Å². The van der Waals surface area contributed by atoms with Crippen molar-refractivity contribution in [3.8, 4) is 11.5 Å². The Morgan fingerprint density at radius 2 is 1.70 bits per heavy atom. The zero-order chi connectivity index (χ0) is 15.6. The molecule has 20 heavy (non-hydrogen) atoms. The van der Waals surface area contributed by atoms with Crippen molar-refractivity contribution in [2.75, 3.05) is 14.2 Å². The van der Waals surface area contributed by atoms with Gasteiger partial charge in [0, 0.05) is 17.7 Å². The second-order valence-electron chi connectivity index (χ2n) is 4.98. The highest BCUT2D eigenvalue weighted by atomic mass is 32.2. The normalized spacial score (nSPS) is 12.3. The summed E-state index contributed by atoms with van der Waals surface area (Å²) in [5.74, 6) is -0.593. The predicted molar refractivity (Wildman–Crippen MR) is 74.2 cm³/mol. The maximum atomic E-state index is 14.0. The van der Waals surface area contributed by atoms with Gasteiger partial charge in [0.25, 0.3) is 0 Å². The number of methoxy groups -OCH3 is 2. The van der Waals surface area contributed by atoms with E-state index in [0.717, 1.165) is 12.1 Å². The predicted octanol–water partition coefficient (Wildman–Crippen LogP) is 2.31. The number of benzene rings is 1. The van der Waals surface area contributed by atoms with E-state index in [9.17, 15) is 12.8 Å². The average Bonchev–Trinajstić information content (AvgIpc) is 2.36. The van der Waals surface area contributed by atoms with Crippen molar-refractivity contribution < 1.29 is 22.3 Å². The molecule has 0 heterocycles. The van der Waals surface area contributed by atoms with Gasteiger partial charge in [-0.1, -0.05) is 6.92 Å². The van der Waals surface area contributed by atoms with Crippen LogP contribution in [-0.4, -0.2) is 28.2 Å². The summed E-state index contributed by atoms with van der Waals surface area (Å²) in [6.07, 6.45) is 0.571. The van der Waals surface area contributed by atoms with Crippen LogP contribution >= 0.6 is 0 Å². The van der Waals surface area contributed by atoms with Gasteiger partial charge in [-0.05, 0) is 20.3 Å². The monoisotopic (exact) mass is 305 g/mol. The molecule has 0 unspecified atom stereocenters. The van der Waals surface area contributed by atoms with Crippen molar-refractivity contribution in [2.45, 2.75) is 37.6 Å². The van der Waals surface area contributed by atoms with E-state index in [4.69, 9.17) is 9.47 Å². The van der Waals surface area contributed by atoms with Crippen LogP contribution in [0.3, 0.4) is 0 Å². The number of ether oxygens (including phenoxy) is 2. The van der Waals surface area contributed by atoms with Crippen molar-refractivity contribution in [3.63, 3.8) is 0 Å². The van der Waals surface area contributed by atoms with Crippen molar-refractivity contribution in [3.05, 3.63) is 17.9 Å². The maximum Gasteiger partial charge on any atom is 0.244 e. The summed E-state index contributed by atoms with van der Waals surface area (Å²) >= 11 is 0. The van der Waals surface area contributed by atoms with Gasteiger partial charge in [-0.2, -0.15) is 0 Å². The molecule has 0 atom stereocenters. The van der Waals surface area contributed by atoms with Crippen molar-refractivity contribution in [1.82, 2.24) is 4.72 Å². The van der Waals surface area contributed by atoms with Crippen LogP contribution in [0.4, 0.5) is 4.39 Å². The van der Waals surface area contributed by atoms with Crippen LogP contribution in [0.2, 0.25) is 0 Å². The van der Waals surface area contributed by atoms with Gasteiger partial charge in [-0.25, -0.2) is 17.5 Å². The van der Waals surface area contributed by atoms with Crippen LogP contribution in [-0.2, 0) is 10.0 Å². The van der Waals surface area contributed by atoms with E-state index in [1.807, 2.05) is 6.92 Å². The Morgan fingerprint density at radius 3 is 2.15 bits per heavy atom. The SMILES string of the molecule is CCC(C)(C)NS(=O)(=O)c1cc(OC)c(OC)cc1F. The van der Waals surface area contributed by atoms with Crippen LogP contribution < -0.4 is 14.2 Å². The van der Waals surface area contributed by atoms with Gasteiger partial charge in [0.2, 0.25) is 10.0 Å². The smallest absolute Gasteiger partial charge is 0.244 e. The van der Waals surface area contributed by atoms with E-state index < -0.39 is 26.3 Å². The minimum Gasteiger partial charge on any atom is -0.493 e. The molecule has 1 N–H and O–H groups in total. The summed E-state index contributed by atoms with van der Waals surface area (Å²) in [4.78, 5) is -0.461. The van der Waals surface area contributed by atoms with Gasteiger partial charge in [0.15, 0.2) is 11.5 Å². The third-order valence-corrected chi connectivity index (χ3v) is 4.74. The number of hydrogen-bond donors (Lipinski definition) is 1. The zero-order valence-electron chi connectivity index (χ0n) is 12.3. The van der Waals surface area contributed by atoms with Crippen LogP contribution in [0, 0.1) is 5.82 Å². The van der Waals surface area contributed by atoms with E-state index in [0.29, 0.717) is 6.42 Å². The maximum absolute atomic E-state index is 14.0. The Morgan fingerprint density at radius 1 is 1.20 bits per heavy atom. The van der Waals surface area contributed by atoms with E-state index in [2.05, 4.69) is 4.72 Å². The quantitative estimate of drug-likeness (QED) is 0.876. The lowest BCUT2D eigenvalue weighted by molar-refractivity contribution is 0.350. The Balaban J connectivity index is 3.32. The molecule has 114 valence electrons. The van der Waals surface area contributed by atoms with Crippen molar-refractivity contribution in [2.24, 2.45) is 0 Å². The summed E-state index contributed by atoms with van der Waals surface area (Å²) in [5.41, 5.74) is -0.668. The second-order valence-corrected chi connectivity index (χ2v) is 6.63. The van der Waals surface area contributed by atoms with Crippen LogP contribution in [0.1, 0.15) is 27.2 Å². The first-order chi connectivity index (χ1) is 9.16. The molecule has 0 saturated carbocycles. The molecule has 7 heteroatoms. The molecule has 0 aliphatic carbocycles. The third-order valence-electron chi connectivity index (χ3n) is 3.02. The molecule has 1 aromatic rings. The molecule has 5 nitrogen and oxygen atoms in total. The Hall–Kier alpha value is -1.34. The largest absolute Gasteiger partial charge is 0.493 e. The van der Waals surface area contributed by atoms with Gasteiger partial charge in [0.1, 0.15) is 10.7 Å². The first kappa shape index (κ1) is 16.7. The zero-order valence-corrected chi connectivity index (χ0v) is 13.1. The van der Waals surface area contributed by atoms with Crippen molar-refractivity contribution >= 4 is 10.0 Å². The lowest BCUT2D eigenvalue weighted by Crippen LogP contribution is -2.42. The second kappa shape index (κ2) is 5.97. The molecule has 0 bridgehead atoms. The van der Waals surface area contributed by atoms with Gasteiger partial charge in [0.05, 0.1) is 14.2 Å². The fourth-order valence-electron chi connectivity index (χ4n) is 1.53. The topological polar surface area (TPSA) is 64.6 Å². The van der Waals surface area contributed by atoms with Crippen molar-refractivity contribution in [1.29, 1.82) is 0 Å². The molecule has 0 fully saturated rings. The first-order valence-electron chi connectivity index (χ1n) is 6.12. The average molecular weight is 305 g/mol. The number of nitrogens with one attached hydrogen (secondary N) is 1. The lowest BCUT2D eigenvalue weighted by atomic mass is 10.0. The molecular weight excluding hydrogens is 285 g/mol. The van der Waals surface area contributed by atoms with E-state index in [1.165, 1.54) is 14.2 Å². The lowest BCUT2D eigenvalue weighted by Gasteiger charge is -2.24. The summed E-state index contributed by atoms with van der Waals surface area (Å²) in [5, 5.41) is 0. The summed E-state index contributed by atoms with van der Waals surface area (Å²) < 4.78 is 50.9. The highest BCUT2D eigenvalue weighted by Gasteiger charge is 2.28. The first-order valence-corrected chi connectivity index (χ1v) is 7.60. The summed E-state index contributed by atoms with van der Waals surface area (Å²) in [6.45, 7) is 5.29. The molecule has 1 aromatic carbocycles. The standard InChI is InChI=1S/C13H20FNO4S/c1-6-13(2,3)15-20(16,17)12-8-11(19-5)10(18-4)7-9(12)14/h7-8,15H,6H2,1-5H3. The number of rotatable bonds is 6. The highest BCUT2D eigenvalue weighted by Crippen LogP contribution is 2.32. The van der Waals surface area contributed by atoms with Gasteiger partial charge >= 0.3 is 0 Å². The van der Waals surface area contributed by atoms with E-state index in [1.54, 1.807) is 13.8 Å². The molecule has 0 spiro atoms. The van der Waals surface area contributed by atoms with E-state index in [-0.39, 0.29) is 11.5 Å². The van der Waals surface area contributed by atoms with E-state index >= 15 is 0 Å². The van der Waals surface area contributed by atoms with Gasteiger partial charge < -0.3 is 9.47 Å². The molecule has 0 aliphatic heterocycles. The Kier molecular flexibility index (Phi) is 4.99. The number of halogens is 1. The minimum absolute atomic E-state index is 0.138. The summed E-state index contributed by atoms with van der Waals surface area (Å²) in [7, 11) is -1.27. The van der Waals surface area contributed by atoms with Crippen LogP contribution in [0.25, 0.3) is 0 Å². The van der Waals surface area contributed by atoms with Gasteiger partial charge in [-0.15, -0.1) is 0 Å². The minimum atomic E-state index is -3.98. The molecule has 0 aliphatic rings. The number of hydrogen-bond acceptors (Lipinski definition) is 4. The third kappa shape index (κ3) is 3.61. The molecule has 1 rings (SSSR count). The number of sulfonamides is 1. The molecule has 0 aromatic heterocycles. The molecule has 0 radical (unpaired) electrons. The molecule has 0 saturated heterocycles. The van der Waals surface area contributed by atoms with Crippen LogP contribution in [0.15, 0.2) is 17.0 Å². The summed E-state index contributed by atoms with van der Waals surface area (Å²) in [6, 6.07) is 2.11. The Bertz CT molecular complexity index is 584. The fraction of sp³-hybridized carbons (Fsp3) is 0.538. The Labute approximate surface area is 119 Å². The molecular formula is C13H20FNO4S. The fourth-order valence-corrected chi connectivity index (χ4v) is 3.09.